The monoisotopic (exact) mass is 922 g/mol. The van der Waals surface area contributed by atoms with Crippen LogP contribution in [0.4, 0.5) is 9.59 Å². The zero-order valence-electron chi connectivity index (χ0n) is 38.8. The molecule has 0 unspecified atom stereocenters. The predicted molar refractivity (Wildman–Crippen MR) is 253 cm³/mol. The summed E-state index contributed by atoms with van der Waals surface area (Å²) in [6.07, 6.45) is 6.43. The third-order valence-corrected chi connectivity index (χ3v) is 16.4. The first-order chi connectivity index (χ1) is 29.0. The molecule has 5 aromatic rings. The number of hydrogen-bond donors (Lipinski definition) is 0. The molecule has 0 bridgehead atoms. The first-order valence-corrected chi connectivity index (χ1v) is 31.1. The molecule has 18 heteroatoms. The number of likely N-dealkylation sites (tertiary alicyclic amines) is 2. The van der Waals surface area contributed by atoms with Crippen molar-refractivity contribution in [1.29, 1.82) is 0 Å². The molecule has 0 spiro atoms. The van der Waals surface area contributed by atoms with Crippen molar-refractivity contribution in [3.05, 3.63) is 36.2 Å². The highest BCUT2D eigenvalue weighted by atomic mass is 32.1. The SMILES string of the molecule is CC(C)(C)OC(=O)N1CCC[C@H]1c1ncc(-c2nc3cc4sc(-c5cnc([C@@H]6CCCN6C(=O)OC(C)(C)C)n5COCC[Si](C)(C)C)nc4cc3s2)n1COCC[Si](C)(C)C. The maximum absolute atomic E-state index is 13.4. The Balaban J connectivity index is 1.20. The van der Waals surface area contributed by atoms with Gasteiger partial charge in [-0.25, -0.2) is 29.5 Å². The summed E-state index contributed by atoms with van der Waals surface area (Å²) in [6, 6.07) is 5.88. The Bertz CT molecular complexity index is 2170. The van der Waals surface area contributed by atoms with Gasteiger partial charge in [-0.15, -0.1) is 22.7 Å². The summed E-state index contributed by atoms with van der Waals surface area (Å²) >= 11 is 3.20. The highest BCUT2D eigenvalue weighted by molar-refractivity contribution is 7.23. The molecule has 2 aliphatic rings. The summed E-state index contributed by atoms with van der Waals surface area (Å²) in [4.78, 5) is 50.6. The minimum absolute atomic E-state index is 0.227. The Labute approximate surface area is 376 Å². The van der Waals surface area contributed by atoms with E-state index in [0.717, 1.165) is 91.3 Å². The molecule has 338 valence electrons. The lowest BCUT2D eigenvalue weighted by atomic mass is 10.2. The van der Waals surface area contributed by atoms with Gasteiger partial charge in [0.1, 0.15) is 46.3 Å². The predicted octanol–water partition coefficient (Wildman–Crippen LogP) is 11.4. The van der Waals surface area contributed by atoms with Crippen molar-refractivity contribution < 1.29 is 28.5 Å². The third-order valence-electron chi connectivity index (χ3n) is 10.9. The van der Waals surface area contributed by atoms with Crippen LogP contribution in [0.3, 0.4) is 0 Å². The molecule has 7 rings (SSSR count). The van der Waals surface area contributed by atoms with E-state index >= 15 is 0 Å². The second-order valence-electron chi connectivity index (χ2n) is 21.0. The molecule has 14 nitrogen and oxygen atoms in total. The van der Waals surface area contributed by atoms with Gasteiger partial charge >= 0.3 is 12.2 Å². The summed E-state index contributed by atoms with van der Waals surface area (Å²) in [5.41, 5.74) is 2.28. The van der Waals surface area contributed by atoms with E-state index in [1.165, 1.54) is 0 Å². The number of amides is 2. The fourth-order valence-electron chi connectivity index (χ4n) is 7.71. The highest BCUT2D eigenvalue weighted by Gasteiger charge is 2.38. The minimum atomic E-state index is -1.31. The lowest BCUT2D eigenvalue weighted by Crippen LogP contribution is -2.37. The molecule has 2 amide bonds. The summed E-state index contributed by atoms with van der Waals surface area (Å²) in [6.45, 7) is 28.6. The number of thiazole rings is 2. The van der Waals surface area contributed by atoms with Gasteiger partial charge in [0.15, 0.2) is 0 Å². The number of imidazole rings is 2. The molecule has 2 saturated heterocycles. The van der Waals surface area contributed by atoms with Crippen molar-refractivity contribution >= 4 is 71.4 Å². The van der Waals surface area contributed by atoms with Crippen molar-refractivity contribution in [2.45, 2.75) is 155 Å². The number of rotatable bonds is 14. The van der Waals surface area contributed by atoms with Crippen molar-refractivity contribution in [2.24, 2.45) is 0 Å². The van der Waals surface area contributed by atoms with Crippen LogP contribution >= 0.6 is 22.7 Å². The van der Waals surface area contributed by atoms with E-state index < -0.39 is 27.3 Å². The number of carbonyl (C=O) groups excluding carboxylic acids is 2. The van der Waals surface area contributed by atoms with Gasteiger partial charge in [-0.2, -0.15) is 0 Å². The van der Waals surface area contributed by atoms with Gasteiger partial charge in [-0.1, -0.05) is 39.3 Å². The van der Waals surface area contributed by atoms with Crippen LogP contribution in [0.2, 0.25) is 51.4 Å². The zero-order chi connectivity index (χ0) is 44.8. The fraction of sp³-hybridized carbons (Fsp3) is 0.636. The number of fused-ring (bicyclic) bond motifs is 2. The van der Waals surface area contributed by atoms with E-state index in [0.29, 0.717) is 39.8 Å². The maximum Gasteiger partial charge on any atom is 0.410 e. The summed E-state index contributed by atoms with van der Waals surface area (Å²) < 4.78 is 30.6. The lowest BCUT2D eigenvalue weighted by molar-refractivity contribution is 0.0195. The maximum atomic E-state index is 13.4. The van der Waals surface area contributed by atoms with Crippen LogP contribution in [0.15, 0.2) is 24.5 Å². The summed E-state index contributed by atoms with van der Waals surface area (Å²) in [7, 11) is -2.62. The van der Waals surface area contributed by atoms with Crippen LogP contribution in [-0.4, -0.2) is 105 Å². The Morgan fingerprint density at radius 3 is 1.40 bits per heavy atom. The molecule has 2 fully saturated rings. The quantitative estimate of drug-likeness (QED) is 0.0781. The number of nitrogens with zero attached hydrogens (tertiary/aromatic N) is 8. The van der Waals surface area contributed by atoms with E-state index in [1.54, 1.807) is 22.7 Å². The van der Waals surface area contributed by atoms with Crippen LogP contribution in [-0.2, 0) is 32.4 Å². The number of hydrogen-bond acceptors (Lipinski definition) is 12. The van der Waals surface area contributed by atoms with Gasteiger partial charge in [-0.3, -0.25) is 18.9 Å². The molecular formula is C44H66N8O6S2Si2. The molecule has 0 saturated carbocycles. The molecule has 2 aliphatic heterocycles. The van der Waals surface area contributed by atoms with Gasteiger partial charge in [-0.05, 0) is 91.4 Å². The van der Waals surface area contributed by atoms with Crippen LogP contribution in [0.1, 0.15) is 91.0 Å². The van der Waals surface area contributed by atoms with Crippen LogP contribution in [0.25, 0.3) is 41.8 Å². The molecule has 2 atom stereocenters. The van der Waals surface area contributed by atoms with Crippen LogP contribution in [0.5, 0.6) is 0 Å². The topological polar surface area (TPSA) is 139 Å². The van der Waals surface area contributed by atoms with E-state index in [9.17, 15) is 9.59 Å². The number of benzene rings is 1. The molecule has 0 aliphatic carbocycles. The smallest absolute Gasteiger partial charge is 0.410 e. The average Bonchev–Trinajstić information content (AvgIpc) is 3.99. The molecule has 1 aromatic carbocycles. The molecular weight excluding hydrogens is 857 g/mol. The molecule has 6 heterocycles. The van der Waals surface area contributed by atoms with E-state index in [2.05, 4.69) is 60.5 Å². The van der Waals surface area contributed by atoms with Gasteiger partial charge in [0.25, 0.3) is 0 Å². The Hall–Kier alpha value is -3.69. The Morgan fingerprint density at radius 1 is 0.661 bits per heavy atom. The zero-order valence-corrected chi connectivity index (χ0v) is 42.4. The Morgan fingerprint density at radius 2 is 1.05 bits per heavy atom. The van der Waals surface area contributed by atoms with E-state index in [4.69, 9.17) is 38.9 Å². The van der Waals surface area contributed by atoms with Gasteiger partial charge in [0, 0.05) is 42.5 Å². The fourth-order valence-corrected chi connectivity index (χ4v) is 11.2. The standard InChI is InChI=1S/C44H66N8O6S2Si2/c1-43(2,3)57-41(53)49-17-13-15-31(49)37-45-25-33(51(37)27-55-19-21-61(7,8)9)39-47-29-23-36-30(24-35(29)59-39)48-40(60-36)34-26-46-38(52(34)28-56-20-22-62(10,11)12)32-16-14-18-50(32)42(54)58-44(4,5)6/h23-26,31-32H,13-22,27-28H2,1-12H3/t31-,32-/m0/s1. The van der Waals surface area contributed by atoms with Gasteiger partial charge in [0.2, 0.25) is 0 Å². The number of aromatic nitrogens is 6. The highest BCUT2D eigenvalue weighted by Crippen LogP contribution is 2.41. The normalized spacial score (nSPS) is 17.9. The van der Waals surface area contributed by atoms with Gasteiger partial charge in [0.05, 0.1) is 56.3 Å². The van der Waals surface area contributed by atoms with Crippen molar-refractivity contribution in [1.82, 2.24) is 38.9 Å². The van der Waals surface area contributed by atoms with Crippen molar-refractivity contribution in [3.8, 4) is 21.4 Å². The van der Waals surface area contributed by atoms with Crippen LogP contribution in [0, 0.1) is 0 Å². The number of carbonyl (C=O) groups is 2. The third kappa shape index (κ3) is 11.1. The molecule has 0 radical (unpaired) electrons. The van der Waals surface area contributed by atoms with Crippen molar-refractivity contribution in [3.63, 3.8) is 0 Å². The Kier molecular flexibility index (Phi) is 13.5. The molecule has 0 N–H and O–H groups in total. The lowest BCUT2D eigenvalue weighted by Gasteiger charge is -2.28. The minimum Gasteiger partial charge on any atom is -0.444 e. The second-order valence-corrected chi connectivity index (χ2v) is 34.3. The first-order valence-electron chi connectivity index (χ1n) is 22.0. The molecule has 62 heavy (non-hydrogen) atoms. The first kappa shape index (κ1) is 46.3. The second kappa shape index (κ2) is 18.1. The van der Waals surface area contributed by atoms with Crippen LogP contribution < -0.4 is 0 Å². The van der Waals surface area contributed by atoms with Gasteiger partial charge < -0.3 is 18.9 Å². The average molecular weight is 923 g/mol. The van der Waals surface area contributed by atoms with Crippen molar-refractivity contribution in [2.75, 3.05) is 26.3 Å². The van der Waals surface area contributed by atoms with E-state index in [1.807, 2.05) is 63.7 Å². The summed E-state index contributed by atoms with van der Waals surface area (Å²) in [5.74, 6) is 1.57. The largest absolute Gasteiger partial charge is 0.444 e. The summed E-state index contributed by atoms with van der Waals surface area (Å²) in [5, 5.41) is 1.66. The number of ether oxygens (including phenoxy) is 4. The van der Waals surface area contributed by atoms with E-state index in [-0.39, 0.29) is 24.3 Å². The molecule has 4 aromatic heterocycles.